The van der Waals surface area contributed by atoms with Gasteiger partial charge in [0.05, 0.1) is 21.7 Å². The van der Waals surface area contributed by atoms with Gasteiger partial charge >= 0.3 is 0 Å². The average molecular weight is 403 g/mol. The van der Waals surface area contributed by atoms with Gasteiger partial charge in [-0.25, -0.2) is 12.8 Å². The first-order chi connectivity index (χ1) is 13.2. The molecule has 148 valence electrons. The number of carbonyl (C=O) groups is 1. The van der Waals surface area contributed by atoms with Crippen molar-refractivity contribution in [2.45, 2.75) is 37.9 Å². The van der Waals surface area contributed by atoms with Crippen LogP contribution in [0.25, 0.3) is 0 Å². The number of halogens is 1. The third-order valence-electron chi connectivity index (χ3n) is 5.68. The van der Waals surface area contributed by atoms with E-state index in [0.29, 0.717) is 28.9 Å². The number of benzene rings is 1. The minimum atomic E-state index is -3.78. The summed E-state index contributed by atoms with van der Waals surface area (Å²) in [5.74, 6) is -0.106. The first-order valence-electron chi connectivity index (χ1n) is 9.14. The number of sulfonamides is 1. The molecule has 1 aromatic carbocycles. The van der Waals surface area contributed by atoms with E-state index in [0.717, 1.165) is 5.69 Å². The molecule has 0 radical (unpaired) electrons. The van der Waals surface area contributed by atoms with Gasteiger partial charge < -0.3 is 4.90 Å². The maximum Gasteiger partial charge on any atom is 0.256 e. The highest BCUT2D eigenvalue weighted by molar-refractivity contribution is 7.89. The molecule has 0 saturated carbocycles. The standard InChI is InChI=1S/C20H22FN3O3S/c1-13-10-15(11-21)5-7-17(13)28(26,27)23-8-9-24-19(25)16-6-4-14(2)22-18(16)20(24,3)12-23/h4-7,10H,8-9,11-12H2,1-3H3. The second-order valence-corrected chi connectivity index (χ2v) is 9.56. The fraction of sp³-hybridized carbons (Fsp3) is 0.400. The summed E-state index contributed by atoms with van der Waals surface area (Å²) in [5.41, 5.74) is 2.10. The number of hydrogen-bond donors (Lipinski definition) is 0. The minimum absolute atomic E-state index is 0.106. The van der Waals surface area contributed by atoms with Crippen LogP contribution in [0.1, 0.15) is 39.8 Å². The second kappa shape index (κ2) is 6.35. The molecule has 28 heavy (non-hydrogen) atoms. The van der Waals surface area contributed by atoms with Crippen molar-refractivity contribution >= 4 is 15.9 Å². The van der Waals surface area contributed by atoms with Crippen LogP contribution in [-0.2, 0) is 22.2 Å². The number of pyridine rings is 1. The third kappa shape index (κ3) is 2.66. The molecular formula is C20H22FN3O3S. The summed E-state index contributed by atoms with van der Waals surface area (Å²) in [7, 11) is -3.78. The van der Waals surface area contributed by atoms with Crippen LogP contribution < -0.4 is 0 Å². The molecule has 6 nitrogen and oxygen atoms in total. The second-order valence-electron chi connectivity index (χ2n) is 7.65. The molecular weight excluding hydrogens is 381 g/mol. The summed E-state index contributed by atoms with van der Waals surface area (Å²) in [6.45, 7) is 5.39. The van der Waals surface area contributed by atoms with Gasteiger partial charge in [0.1, 0.15) is 6.67 Å². The van der Waals surface area contributed by atoms with Crippen molar-refractivity contribution in [3.8, 4) is 0 Å². The van der Waals surface area contributed by atoms with Crippen LogP contribution in [0.2, 0.25) is 0 Å². The first kappa shape index (κ1) is 19.0. The number of carbonyl (C=O) groups excluding carboxylic acids is 1. The number of hydrogen-bond acceptors (Lipinski definition) is 4. The number of aromatic nitrogens is 1. The molecule has 8 heteroatoms. The molecule has 1 atom stereocenters. The van der Waals surface area contributed by atoms with Gasteiger partial charge in [-0.15, -0.1) is 0 Å². The SMILES string of the molecule is Cc1ccc2c(n1)C1(C)CN(S(=O)(=O)c3ccc(CF)cc3C)CCN1C2=O. The van der Waals surface area contributed by atoms with Gasteiger partial charge in [0.15, 0.2) is 0 Å². The molecule has 1 unspecified atom stereocenters. The Balaban J connectivity index is 1.74. The van der Waals surface area contributed by atoms with Crippen molar-refractivity contribution in [2.24, 2.45) is 0 Å². The molecule has 3 heterocycles. The Morgan fingerprint density at radius 2 is 1.93 bits per heavy atom. The molecule has 0 aliphatic carbocycles. The predicted molar refractivity (Wildman–Crippen MR) is 102 cm³/mol. The Morgan fingerprint density at radius 3 is 2.61 bits per heavy atom. The molecule has 1 saturated heterocycles. The van der Waals surface area contributed by atoms with Crippen molar-refractivity contribution < 1.29 is 17.6 Å². The zero-order chi connectivity index (χ0) is 20.3. The van der Waals surface area contributed by atoms with E-state index in [2.05, 4.69) is 4.98 Å². The van der Waals surface area contributed by atoms with Gasteiger partial charge in [-0.05, 0) is 50.1 Å². The van der Waals surface area contributed by atoms with Crippen LogP contribution in [0.15, 0.2) is 35.2 Å². The van der Waals surface area contributed by atoms with Gasteiger partial charge in [-0.3, -0.25) is 9.78 Å². The quantitative estimate of drug-likeness (QED) is 0.790. The van der Waals surface area contributed by atoms with Gasteiger partial charge in [0.25, 0.3) is 5.91 Å². The average Bonchev–Trinajstić information content (AvgIpc) is 2.87. The monoisotopic (exact) mass is 403 g/mol. The molecule has 0 bridgehead atoms. The minimum Gasteiger partial charge on any atom is -0.325 e. The van der Waals surface area contributed by atoms with E-state index >= 15 is 0 Å². The Bertz CT molecular complexity index is 1090. The zero-order valence-electron chi connectivity index (χ0n) is 16.1. The Morgan fingerprint density at radius 1 is 1.18 bits per heavy atom. The molecule has 0 N–H and O–H groups in total. The fourth-order valence-electron chi connectivity index (χ4n) is 4.21. The summed E-state index contributed by atoms with van der Waals surface area (Å²) >= 11 is 0. The maximum absolute atomic E-state index is 13.3. The number of fused-ring (bicyclic) bond motifs is 3. The molecule has 1 aromatic heterocycles. The number of aryl methyl sites for hydroxylation is 2. The van der Waals surface area contributed by atoms with E-state index in [1.807, 2.05) is 13.8 Å². The van der Waals surface area contributed by atoms with Crippen LogP contribution in [-0.4, -0.2) is 48.1 Å². The van der Waals surface area contributed by atoms with Crippen molar-refractivity contribution in [3.05, 3.63) is 58.4 Å². The lowest BCUT2D eigenvalue weighted by Crippen LogP contribution is -2.58. The summed E-state index contributed by atoms with van der Waals surface area (Å²) in [4.78, 5) is 19.2. The zero-order valence-corrected chi connectivity index (χ0v) is 16.9. The lowest BCUT2D eigenvalue weighted by molar-refractivity contribution is 0.0365. The number of piperazine rings is 1. The highest BCUT2D eigenvalue weighted by Gasteiger charge is 2.52. The normalized spacial score (nSPS) is 22.3. The Hall–Kier alpha value is -2.32. The molecule has 4 rings (SSSR count). The Kier molecular flexibility index (Phi) is 4.31. The van der Waals surface area contributed by atoms with Crippen LogP contribution in [0.3, 0.4) is 0 Å². The number of alkyl halides is 1. The molecule has 0 spiro atoms. The van der Waals surface area contributed by atoms with Gasteiger partial charge in [0.2, 0.25) is 10.0 Å². The first-order valence-corrected chi connectivity index (χ1v) is 10.6. The van der Waals surface area contributed by atoms with Crippen LogP contribution in [0.5, 0.6) is 0 Å². The van der Waals surface area contributed by atoms with Crippen molar-refractivity contribution in [1.29, 1.82) is 0 Å². The molecule has 2 aromatic rings. The van der Waals surface area contributed by atoms with Crippen LogP contribution in [0, 0.1) is 13.8 Å². The highest BCUT2D eigenvalue weighted by atomic mass is 32.2. The van der Waals surface area contributed by atoms with E-state index in [9.17, 15) is 17.6 Å². The summed E-state index contributed by atoms with van der Waals surface area (Å²) in [6.07, 6.45) is 0. The van der Waals surface area contributed by atoms with E-state index in [4.69, 9.17) is 0 Å². The third-order valence-corrected chi connectivity index (χ3v) is 7.69. The molecule has 1 amide bonds. The highest BCUT2D eigenvalue weighted by Crippen LogP contribution is 2.41. The van der Waals surface area contributed by atoms with Gasteiger partial charge in [-0.2, -0.15) is 4.31 Å². The number of rotatable bonds is 3. The summed E-state index contributed by atoms with van der Waals surface area (Å²) in [6, 6.07) is 8.08. The van der Waals surface area contributed by atoms with Crippen molar-refractivity contribution in [2.75, 3.05) is 19.6 Å². The van der Waals surface area contributed by atoms with E-state index in [1.165, 1.54) is 16.4 Å². The summed E-state index contributed by atoms with van der Waals surface area (Å²) < 4.78 is 40.9. The predicted octanol–water partition coefficient (Wildman–Crippen LogP) is 2.54. The fourth-order valence-corrected chi connectivity index (χ4v) is 5.94. The van der Waals surface area contributed by atoms with E-state index in [1.54, 1.807) is 30.0 Å². The largest absolute Gasteiger partial charge is 0.325 e. The smallest absolute Gasteiger partial charge is 0.256 e. The lowest BCUT2D eigenvalue weighted by Gasteiger charge is -2.44. The van der Waals surface area contributed by atoms with Gasteiger partial charge in [0, 0.05) is 25.3 Å². The van der Waals surface area contributed by atoms with Crippen LogP contribution >= 0.6 is 0 Å². The van der Waals surface area contributed by atoms with E-state index < -0.39 is 22.2 Å². The topological polar surface area (TPSA) is 70.6 Å². The molecule has 2 aliphatic heterocycles. The maximum atomic E-state index is 13.3. The summed E-state index contributed by atoms with van der Waals surface area (Å²) in [5, 5.41) is 0. The molecule has 1 fully saturated rings. The van der Waals surface area contributed by atoms with Gasteiger partial charge in [-0.1, -0.05) is 12.1 Å². The van der Waals surface area contributed by atoms with Crippen molar-refractivity contribution in [3.63, 3.8) is 0 Å². The molecule has 2 aliphatic rings. The van der Waals surface area contributed by atoms with Crippen molar-refractivity contribution in [1.82, 2.24) is 14.2 Å². The van der Waals surface area contributed by atoms with Crippen LogP contribution in [0.4, 0.5) is 4.39 Å². The number of amides is 1. The van der Waals surface area contributed by atoms with E-state index in [-0.39, 0.29) is 23.9 Å². The Labute approximate surface area is 164 Å². The lowest BCUT2D eigenvalue weighted by atomic mass is 9.95. The number of nitrogens with zero attached hydrogens (tertiary/aromatic N) is 3.